The van der Waals surface area contributed by atoms with E-state index in [9.17, 15) is 9.59 Å². The van der Waals surface area contributed by atoms with Gasteiger partial charge >= 0.3 is 12.0 Å². The maximum atomic E-state index is 11.6. The highest BCUT2D eigenvalue weighted by molar-refractivity contribution is 5.88. The van der Waals surface area contributed by atoms with Gasteiger partial charge in [0.1, 0.15) is 5.82 Å². The fraction of sp³-hybridized carbons (Fsp3) is 0.364. The molecule has 0 unspecified atom stereocenters. The van der Waals surface area contributed by atoms with Gasteiger partial charge in [-0.25, -0.2) is 9.78 Å². The molecule has 2 N–H and O–H groups in total. The molecule has 6 heteroatoms. The van der Waals surface area contributed by atoms with Crippen LogP contribution in [0.4, 0.5) is 10.6 Å². The molecule has 0 fully saturated rings. The molecule has 2 amide bonds. The summed E-state index contributed by atoms with van der Waals surface area (Å²) < 4.78 is 0. The molecule has 1 aromatic heterocycles. The van der Waals surface area contributed by atoms with Crippen LogP contribution in [0.25, 0.3) is 0 Å². The molecule has 0 aliphatic heterocycles. The van der Waals surface area contributed by atoms with Gasteiger partial charge in [-0.2, -0.15) is 0 Å². The van der Waals surface area contributed by atoms with E-state index in [1.807, 2.05) is 13.0 Å². The van der Waals surface area contributed by atoms with E-state index in [1.54, 1.807) is 12.3 Å². The van der Waals surface area contributed by atoms with Crippen molar-refractivity contribution < 1.29 is 14.7 Å². The lowest BCUT2D eigenvalue weighted by molar-refractivity contribution is -0.137. The Hall–Kier alpha value is -2.11. The smallest absolute Gasteiger partial charge is 0.322 e. The number of aliphatic carboxylic acids is 1. The number of rotatable bonds is 4. The van der Waals surface area contributed by atoms with Crippen LogP contribution in [0.3, 0.4) is 0 Å². The van der Waals surface area contributed by atoms with E-state index in [0.717, 1.165) is 5.56 Å². The lowest BCUT2D eigenvalue weighted by atomic mass is 10.3. The molecule has 0 aliphatic carbocycles. The normalized spacial score (nSPS) is 9.76. The minimum absolute atomic E-state index is 0.0782. The molecule has 0 aromatic carbocycles. The second-order valence-corrected chi connectivity index (χ2v) is 3.71. The molecule has 0 saturated carbocycles. The van der Waals surface area contributed by atoms with Gasteiger partial charge in [-0.1, -0.05) is 0 Å². The van der Waals surface area contributed by atoms with E-state index in [0.29, 0.717) is 5.82 Å². The molecule has 6 nitrogen and oxygen atoms in total. The third-order valence-corrected chi connectivity index (χ3v) is 2.16. The first-order chi connectivity index (χ1) is 7.99. The van der Waals surface area contributed by atoms with Crippen LogP contribution in [0.15, 0.2) is 18.3 Å². The molecule has 0 aliphatic rings. The van der Waals surface area contributed by atoms with Gasteiger partial charge in [-0.15, -0.1) is 0 Å². The van der Waals surface area contributed by atoms with Gasteiger partial charge in [0, 0.05) is 19.8 Å². The highest BCUT2D eigenvalue weighted by Gasteiger charge is 2.10. The number of anilines is 1. The second-order valence-electron chi connectivity index (χ2n) is 3.71. The van der Waals surface area contributed by atoms with Gasteiger partial charge in [0.15, 0.2) is 0 Å². The number of aryl methyl sites for hydroxylation is 1. The van der Waals surface area contributed by atoms with Crippen molar-refractivity contribution in [1.82, 2.24) is 9.88 Å². The molecule has 0 spiro atoms. The van der Waals surface area contributed by atoms with Crippen LogP contribution >= 0.6 is 0 Å². The highest BCUT2D eigenvalue weighted by atomic mass is 16.4. The van der Waals surface area contributed by atoms with Crippen molar-refractivity contribution >= 4 is 17.8 Å². The number of nitrogens with one attached hydrogen (secondary N) is 1. The largest absolute Gasteiger partial charge is 0.481 e. The third kappa shape index (κ3) is 4.50. The molecular formula is C11H15N3O3. The van der Waals surface area contributed by atoms with E-state index < -0.39 is 5.97 Å². The van der Waals surface area contributed by atoms with Crippen molar-refractivity contribution in [2.75, 3.05) is 18.9 Å². The summed E-state index contributed by atoms with van der Waals surface area (Å²) in [6, 6.07) is 3.19. The number of hydrogen-bond acceptors (Lipinski definition) is 3. The summed E-state index contributed by atoms with van der Waals surface area (Å²) in [7, 11) is 1.54. The molecule has 0 radical (unpaired) electrons. The number of carbonyl (C=O) groups is 2. The molecule has 0 bridgehead atoms. The van der Waals surface area contributed by atoms with Crippen molar-refractivity contribution in [1.29, 1.82) is 0 Å². The number of urea groups is 1. The Morgan fingerprint density at radius 2 is 2.24 bits per heavy atom. The van der Waals surface area contributed by atoms with Crippen LogP contribution in [0.2, 0.25) is 0 Å². The van der Waals surface area contributed by atoms with E-state index in [-0.39, 0.29) is 19.0 Å². The summed E-state index contributed by atoms with van der Waals surface area (Å²) >= 11 is 0. The summed E-state index contributed by atoms with van der Waals surface area (Å²) in [6.07, 6.45) is 1.52. The highest BCUT2D eigenvalue weighted by Crippen LogP contribution is 2.06. The maximum Gasteiger partial charge on any atom is 0.322 e. The van der Waals surface area contributed by atoms with E-state index in [4.69, 9.17) is 5.11 Å². The van der Waals surface area contributed by atoms with Crippen molar-refractivity contribution in [2.45, 2.75) is 13.3 Å². The molecular weight excluding hydrogens is 222 g/mol. The van der Waals surface area contributed by atoms with Gasteiger partial charge in [-0.3, -0.25) is 10.1 Å². The maximum absolute atomic E-state index is 11.6. The van der Waals surface area contributed by atoms with Gasteiger partial charge in [0.2, 0.25) is 0 Å². The second kappa shape index (κ2) is 5.83. The van der Waals surface area contributed by atoms with Crippen molar-refractivity contribution in [3.05, 3.63) is 23.9 Å². The van der Waals surface area contributed by atoms with E-state index >= 15 is 0 Å². The molecule has 92 valence electrons. The molecule has 0 atom stereocenters. The van der Waals surface area contributed by atoms with Crippen molar-refractivity contribution in [3.8, 4) is 0 Å². The zero-order chi connectivity index (χ0) is 12.8. The summed E-state index contributed by atoms with van der Waals surface area (Å²) in [4.78, 5) is 27.3. The lowest BCUT2D eigenvalue weighted by Gasteiger charge is -2.16. The number of amides is 2. The standard InChI is InChI=1S/C11H15N3O3/c1-8-3-5-12-9(7-8)13-11(17)14(2)6-4-10(15)16/h3,5,7H,4,6H2,1-2H3,(H,15,16)(H,12,13,17). The van der Waals surface area contributed by atoms with Crippen molar-refractivity contribution in [2.24, 2.45) is 0 Å². The minimum atomic E-state index is -0.932. The fourth-order valence-corrected chi connectivity index (χ4v) is 1.17. The van der Waals surface area contributed by atoms with Crippen LogP contribution in [0, 0.1) is 6.92 Å². The fourth-order valence-electron chi connectivity index (χ4n) is 1.17. The topological polar surface area (TPSA) is 82.5 Å². The van der Waals surface area contributed by atoms with Gasteiger partial charge in [0.25, 0.3) is 0 Å². The number of nitrogens with zero attached hydrogens (tertiary/aromatic N) is 2. The van der Waals surface area contributed by atoms with E-state index in [1.165, 1.54) is 11.9 Å². The number of hydrogen-bond donors (Lipinski definition) is 2. The van der Waals surface area contributed by atoms with Gasteiger partial charge < -0.3 is 10.0 Å². The average Bonchev–Trinajstić information content (AvgIpc) is 2.25. The Bertz CT molecular complexity index is 420. The van der Waals surface area contributed by atoms with Crippen LogP contribution in [-0.2, 0) is 4.79 Å². The Labute approximate surface area is 99.3 Å². The number of carbonyl (C=O) groups excluding carboxylic acids is 1. The summed E-state index contributed by atoms with van der Waals surface area (Å²) in [5.74, 6) is -0.476. The molecule has 1 aromatic rings. The van der Waals surface area contributed by atoms with Crippen LogP contribution in [-0.4, -0.2) is 40.6 Å². The average molecular weight is 237 g/mol. The zero-order valence-corrected chi connectivity index (χ0v) is 9.80. The SMILES string of the molecule is Cc1ccnc(NC(=O)N(C)CCC(=O)O)c1. The number of aromatic nitrogens is 1. The Morgan fingerprint density at radius 1 is 1.53 bits per heavy atom. The molecule has 1 heterocycles. The molecule has 0 saturated heterocycles. The molecule has 1 rings (SSSR count). The van der Waals surface area contributed by atoms with Gasteiger partial charge in [0.05, 0.1) is 6.42 Å². The lowest BCUT2D eigenvalue weighted by Crippen LogP contribution is -2.33. The first-order valence-corrected chi connectivity index (χ1v) is 5.15. The first-order valence-electron chi connectivity index (χ1n) is 5.15. The summed E-state index contributed by atoms with van der Waals surface area (Å²) in [6.45, 7) is 2.05. The quantitative estimate of drug-likeness (QED) is 0.827. The zero-order valence-electron chi connectivity index (χ0n) is 9.80. The predicted molar refractivity (Wildman–Crippen MR) is 62.9 cm³/mol. The van der Waals surface area contributed by atoms with Crippen LogP contribution < -0.4 is 5.32 Å². The Kier molecular flexibility index (Phi) is 4.45. The Morgan fingerprint density at radius 3 is 2.82 bits per heavy atom. The van der Waals surface area contributed by atoms with E-state index in [2.05, 4.69) is 10.3 Å². The first kappa shape index (κ1) is 13.0. The number of carboxylic acids is 1. The predicted octanol–water partition coefficient (Wildman–Crippen LogP) is 1.33. The summed E-state index contributed by atoms with van der Waals surface area (Å²) in [5.41, 5.74) is 0.989. The van der Waals surface area contributed by atoms with Gasteiger partial charge in [-0.05, 0) is 24.6 Å². The molecule has 17 heavy (non-hydrogen) atoms. The van der Waals surface area contributed by atoms with Crippen LogP contribution in [0.1, 0.15) is 12.0 Å². The minimum Gasteiger partial charge on any atom is -0.481 e. The number of pyridine rings is 1. The monoisotopic (exact) mass is 237 g/mol. The summed E-state index contributed by atoms with van der Waals surface area (Å²) in [5, 5.41) is 11.1. The van der Waals surface area contributed by atoms with Crippen molar-refractivity contribution in [3.63, 3.8) is 0 Å². The van der Waals surface area contributed by atoms with Crippen LogP contribution in [0.5, 0.6) is 0 Å². The Balaban J connectivity index is 2.51. The number of carboxylic acid groups (broad SMARTS) is 1. The third-order valence-electron chi connectivity index (χ3n) is 2.16.